The van der Waals surface area contributed by atoms with E-state index < -0.39 is 0 Å². The lowest BCUT2D eigenvalue weighted by Crippen LogP contribution is -2.24. The fraction of sp³-hybridized carbons (Fsp3) is 0.188. The fourth-order valence-electron chi connectivity index (χ4n) is 1.79. The van der Waals surface area contributed by atoms with Gasteiger partial charge in [-0.15, -0.1) is 6.58 Å². The molecule has 1 aromatic heterocycles. The first kappa shape index (κ1) is 14.7. The molecule has 0 fully saturated rings. The van der Waals surface area contributed by atoms with Gasteiger partial charge >= 0.3 is 0 Å². The van der Waals surface area contributed by atoms with Crippen molar-refractivity contribution in [2.45, 2.75) is 13.5 Å². The largest absolute Gasteiger partial charge is 0.365 e. The van der Waals surface area contributed by atoms with Crippen molar-refractivity contribution in [2.24, 2.45) is 0 Å². The highest BCUT2D eigenvalue weighted by Gasteiger charge is 2.06. The Kier molecular flexibility index (Phi) is 5.04. The van der Waals surface area contributed by atoms with Crippen molar-refractivity contribution in [3.63, 3.8) is 0 Å². The third-order valence-corrected chi connectivity index (χ3v) is 3.01. The van der Waals surface area contributed by atoms with E-state index in [2.05, 4.69) is 46.2 Å². The monoisotopic (exact) mass is 282 g/mol. The normalized spacial score (nSPS) is 9.95. The van der Waals surface area contributed by atoms with Crippen molar-refractivity contribution in [1.82, 2.24) is 15.3 Å². The second kappa shape index (κ2) is 7.19. The number of rotatable bonds is 6. The molecule has 1 aromatic carbocycles. The molecule has 0 aliphatic heterocycles. The van der Waals surface area contributed by atoms with Crippen LogP contribution in [-0.4, -0.2) is 22.4 Å². The van der Waals surface area contributed by atoms with E-state index in [-0.39, 0.29) is 5.91 Å². The highest BCUT2D eigenvalue weighted by atomic mass is 16.1. The molecule has 2 rings (SSSR count). The molecule has 0 aliphatic carbocycles. The third-order valence-electron chi connectivity index (χ3n) is 3.01. The summed E-state index contributed by atoms with van der Waals surface area (Å²) >= 11 is 0. The van der Waals surface area contributed by atoms with Crippen LogP contribution in [0.4, 0.5) is 5.82 Å². The SMILES string of the molecule is C=CCNC(=O)c1cnc(NCc2ccccc2C)cn1. The van der Waals surface area contributed by atoms with Crippen molar-refractivity contribution in [1.29, 1.82) is 0 Å². The Morgan fingerprint density at radius 1 is 1.29 bits per heavy atom. The first-order valence-corrected chi connectivity index (χ1v) is 6.70. The number of carbonyl (C=O) groups excluding carboxylic acids is 1. The van der Waals surface area contributed by atoms with Crippen LogP contribution in [0.3, 0.4) is 0 Å². The molecule has 0 spiro atoms. The van der Waals surface area contributed by atoms with Gasteiger partial charge in [-0.05, 0) is 18.1 Å². The highest BCUT2D eigenvalue weighted by molar-refractivity contribution is 5.92. The summed E-state index contributed by atoms with van der Waals surface area (Å²) in [5.41, 5.74) is 2.71. The van der Waals surface area contributed by atoms with E-state index in [0.29, 0.717) is 24.6 Å². The molecule has 0 radical (unpaired) electrons. The molecule has 21 heavy (non-hydrogen) atoms. The smallest absolute Gasteiger partial charge is 0.271 e. The number of nitrogens with one attached hydrogen (secondary N) is 2. The molecule has 0 saturated carbocycles. The van der Waals surface area contributed by atoms with Gasteiger partial charge < -0.3 is 10.6 Å². The lowest BCUT2D eigenvalue weighted by Gasteiger charge is -2.08. The topological polar surface area (TPSA) is 66.9 Å². The molecule has 5 heteroatoms. The van der Waals surface area contributed by atoms with Gasteiger partial charge in [-0.25, -0.2) is 9.97 Å². The first-order chi connectivity index (χ1) is 10.2. The zero-order valence-electron chi connectivity index (χ0n) is 12.0. The van der Waals surface area contributed by atoms with Crippen molar-refractivity contribution in [2.75, 3.05) is 11.9 Å². The summed E-state index contributed by atoms with van der Waals surface area (Å²) in [5, 5.41) is 5.84. The average molecular weight is 282 g/mol. The molecule has 108 valence electrons. The summed E-state index contributed by atoms with van der Waals surface area (Å²) in [4.78, 5) is 19.9. The van der Waals surface area contributed by atoms with Gasteiger partial charge in [-0.3, -0.25) is 4.79 Å². The van der Waals surface area contributed by atoms with Crippen LogP contribution < -0.4 is 10.6 Å². The highest BCUT2D eigenvalue weighted by Crippen LogP contribution is 2.09. The number of benzene rings is 1. The number of hydrogen-bond donors (Lipinski definition) is 2. The number of aryl methyl sites for hydroxylation is 1. The minimum atomic E-state index is -0.257. The summed E-state index contributed by atoms with van der Waals surface area (Å²) in [6.07, 6.45) is 4.63. The second-order valence-electron chi connectivity index (χ2n) is 4.57. The third kappa shape index (κ3) is 4.14. The predicted molar refractivity (Wildman–Crippen MR) is 83.1 cm³/mol. The van der Waals surface area contributed by atoms with Crippen LogP contribution in [0.5, 0.6) is 0 Å². The lowest BCUT2D eigenvalue weighted by molar-refractivity contribution is 0.0952. The van der Waals surface area contributed by atoms with Crippen molar-refractivity contribution < 1.29 is 4.79 Å². The van der Waals surface area contributed by atoms with Crippen molar-refractivity contribution in [3.8, 4) is 0 Å². The van der Waals surface area contributed by atoms with E-state index in [0.717, 1.165) is 0 Å². The van der Waals surface area contributed by atoms with Gasteiger partial charge in [-0.1, -0.05) is 30.3 Å². The Morgan fingerprint density at radius 2 is 2.10 bits per heavy atom. The summed E-state index contributed by atoms with van der Waals surface area (Å²) in [6.45, 7) is 6.69. The van der Waals surface area contributed by atoms with Crippen LogP contribution in [-0.2, 0) is 6.54 Å². The number of carbonyl (C=O) groups is 1. The summed E-state index contributed by atoms with van der Waals surface area (Å²) in [6, 6.07) is 8.14. The van der Waals surface area contributed by atoms with Gasteiger partial charge in [0.2, 0.25) is 0 Å². The molecular formula is C16H18N4O. The summed E-state index contributed by atoms with van der Waals surface area (Å²) < 4.78 is 0. The fourth-order valence-corrected chi connectivity index (χ4v) is 1.79. The summed E-state index contributed by atoms with van der Waals surface area (Å²) in [7, 11) is 0. The maximum Gasteiger partial charge on any atom is 0.271 e. The van der Waals surface area contributed by atoms with E-state index in [9.17, 15) is 4.79 Å². The molecule has 5 nitrogen and oxygen atoms in total. The molecular weight excluding hydrogens is 264 g/mol. The van der Waals surface area contributed by atoms with Crippen LogP contribution in [0, 0.1) is 6.92 Å². The number of hydrogen-bond acceptors (Lipinski definition) is 4. The van der Waals surface area contributed by atoms with Crippen LogP contribution in [0.1, 0.15) is 21.6 Å². The van der Waals surface area contributed by atoms with Crippen LogP contribution in [0.15, 0.2) is 49.3 Å². The Labute approximate surface area is 124 Å². The molecule has 0 unspecified atom stereocenters. The molecule has 0 atom stereocenters. The van der Waals surface area contributed by atoms with Crippen molar-refractivity contribution in [3.05, 3.63) is 66.1 Å². The molecule has 0 bridgehead atoms. The van der Waals surface area contributed by atoms with E-state index in [4.69, 9.17) is 0 Å². The molecule has 0 aliphatic rings. The van der Waals surface area contributed by atoms with Gasteiger partial charge in [0.1, 0.15) is 11.5 Å². The van der Waals surface area contributed by atoms with Crippen LogP contribution in [0.25, 0.3) is 0 Å². The van der Waals surface area contributed by atoms with E-state index >= 15 is 0 Å². The van der Waals surface area contributed by atoms with E-state index in [1.807, 2.05) is 12.1 Å². The summed E-state index contributed by atoms with van der Waals surface area (Å²) in [5.74, 6) is 0.381. The lowest BCUT2D eigenvalue weighted by atomic mass is 10.1. The maximum absolute atomic E-state index is 11.7. The molecule has 0 saturated heterocycles. The zero-order valence-corrected chi connectivity index (χ0v) is 12.0. The first-order valence-electron chi connectivity index (χ1n) is 6.70. The molecule has 2 aromatic rings. The Bertz CT molecular complexity index is 622. The number of anilines is 1. The number of amides is 1. The Hall–Kier alpha value is -2.69. The Balaban J connectivity index is 1.95. The van der Waals surface area contributed by atoms with Gasteiger partial charge in [0, 0.05) is 13.1 Å². The maximum atomic E-state index is 11.7. The average Bonchev–Trinajstić information content (AvgIpc) is 2.52. The predicted octanol–water partition coefficient (Wildman–Crippen LogP) is 2.31. The van der Waals surface area contributed by atoms with Gasteiger partial charge in [0.05, 0.1) is 12.4 Å². The van der Waals surface area contributed by atoms with Gasteiger partial charge in [0.15, 0.2) is 0 Å². The Morgan fingerprint density at radius 3 is 2.76 bits per heavy atom. The van der Waals surface area contributed by atoms with E-state index in [1.54, 1.807) is 12.3 Å². The van der Waals surface area contributed by atoms with Crippen molar-refractivity contribution >= 4 is 11.7 Å². The minimum absolute atomic E-state index is 0.257. The number of nitrogens with zero attached hydrogens (tertiary/aromatic N) is 2. The van der Waals surface area contributed by atoms with Crippen LogP contribution >= 0.6 is 0 Å². The standard InChI is InChI=1S/C16H18N4O/c1-3-8-17-16(21)14-10-20-15(11-18-14)19-9-13-7-5-4-6-12(13)2/h3-7,10-11H,1,8-9H2,2H3,(H,17,21)(H,19,20). The van der Waals surface area contributed by atoms with Gasteiger partial charge in [0.25, 0.3) is 5.91 Å². The zero-order chi connectivity index (χ0) is 15.1. The number of aromatic nitrogens is 2. The molecule has 1 heterocycles. The van der Waals surface area contributed by atoms with Gasteiger partial charge in [-0.2, -0.15) is 0 Å². The minimum Gasteiger partial charge on any atom is -0.365 e. The quantitative estimate of drug-likeness (QED) is 0.798. The second-order valence-corrected chi connectivity index (χ2v) is 4.57. The molecule has 1 amide bonds. The van der Waals surface area contributed by atoms with E-state index in [1.165, 1.54) is 17.3 Å². The van der Waals surface area contributed by atoms with Crippen LogP contribution in [0.2, 0.25) is 0 Å². The molecule has 2 N–H and O–H groups in total.